The molecule has 188 valence electrons. The van der Waals surface area contributed by atoms with Crippen molar-refractivity contribution in [1.82, 2.24) is 14.9 Å². The van der Waals surface area contributed by atoms with E-state index < -0.39 is 23.6 Å². The molecule has 2 aliphatic rings. The van der Waals surface area contributed by atoms with E-state index in [0.29, 0.717) is 30.2 Å². The summed E-state index contributed by atoms with van der Waals surface area (Å²) in [7, 11) is 1.75. The third kappa shape index (κ3) is 5.64. The second-order valence-electron chi connectivity index (χ2n) is 9.77. The van der Waals surface area contributed by atoms with Crippen molar-refractivity contribution < 1.29 is 23.8 Å². The fourth-order valence-corrected chi connectivity index (χ4v) is 4.19. The third-order valence-corrected chi connectivity index (χ3v) is 5.69. The molecule has 35 heavy (non-hydrogen) atoms. The number of hydrogen-bond acceptors (Lipinski definition) is 8. The number of aromatic nitrogens is 2. The molecule has 1 aromatic carbocycles. The molecule has 0 spiro atoms. The molecular weight excluding hydrogens is 453 g/mol. The Morgan fingerprint density at radius 2 is 2.09 bits per heavy atom. The molecular formula is C25H32FN5O4. The van der Waals surface area contributed by atoms with Crippen LogP contribution in [0.3, 0.4) is 0 Å². The van der Waals surface area contributed by atoms with Gasteiger partial charge in [0.25, 0.3) is 0 Å². The van der Waals surface area contributed by atoms with Crippen LogP contribution in [-0.2, 0) is 11.2 Å². The quantitative estimate of drug-likeness (QED) is 0.596. The first-order valence-corrected chi connectivity index (χ1v) is 11.7. The van der Waals surface area contributed by atoms with Crippen molar-refractivity contribution in [1.29, 1.82) is 0 Å². The number of fused-ring (bicyclic) bond motifs is 1. The Morgan fingerprint density at radius 3 is 2.80 bits per heavy atom. The van der Waals surface area contributed by atoms with Gasteiger partial charge in [-0.25, -0.2) is 14.2 Å². The number of nitrogens with zero attached hydrogens (tertiary/aromatic N) is 3. The lowest BCUT2D eigenvalue weighted by Gasteiger charge is -2.26. The normalized spacial score (nSPS) is 17.7. The number of hydrogen-bond donors (Lipinski definition) is 3. The average molecular weight is 486 g/mol. The molecule has 0 saturated carbocycles. The highest BCUT2D eigenvalue weighted by molar-refractivity contribution is 5.79. The van der Waals surface area contributed by atoms with Gasteiger partial charge >= 0.3 is 6.09 Å². The maximum Gasteiger partial charge on any atom is 0.410 e. The molecule has 1 amide bonds. The SMILES string of the molecule is CNc1cc(C)nc(Nc2cc3c(c(C4=CCN(C(=O)OC(C)(C)C)CC(O)C4)c2F)OCC3)n1. The second-order valence-corrected chi connectivity index (χ2v) is 9.77. The third-order valence-electron chi connectivity index (χ3n) is 5.69. The number of carbonyl (C=O) groups excluding carboxylic acids is 1. The van der Waals surface area contributed by atoms with Gasteiger partial charge in [-0.15, -0.1) is 0 Å². The predicted octanol–water partition coefficient (Wildman–Crippen LogP) is 4.03. The summed E-state index contributed by atoms with van der Waals surface area (Å²) in [4.78, 5) is 22.7. The number of benzene rings is 1. The van der Waals surface area contributed by atoms with Gasteiger partial charge in [-0.1, -0.05) is 6.08 Å². The van der Waals surface area contributed by atoms with E-state index >= 15 is 4.39 Å². The number of halogens is 1. The van der Waals surface area contributed by atoms with Crippen LogP contribution in [0.25, 0.3) is 5.57 Å². The zero-order chi connectivity index (χ0) is 25.3. The minimum atomic E-state index is -0.886. The zero-order valence-electron chi connectivity index (χ0n) is 20.7. The molecule has 0 radical (unpaired) electrons. The number of nitrogens with one attached hydrogen (secondary N) is 2. The molecule has 2 aromatic rings. The van der Waals surface area contributed by atoms with Gasteiger partial charge in [0.2, 0.25) is 5.95 Å². The Hall–Kier alpha value is -3.40. The molecule has 1 atom stereocenters. The number of carbonyl (C=O) groups is 1. The number of aliphatic hydroxyl groups excluding tert-OH is 1. The fraction of sp³-hybridized carbons (Fsp3) is 0.480. The monoisotopic (exact) mass is 485 g/mol. The number of rotatable bonds is 4. The molecule has 0 aliphatic carbocycles. The number of aliphatic hydroxyl groups is 1. The summed E-state index contributed by atoms with van der Waals surface area (Å²) >= 11 is 0. The molecule has 1 unspecified atom stereocenters. The van der Waals surface area contributed by atoms with Gasteiger partial charge in [-0.2, -0.15) is 4.98 Å². The maximum atomic E-state index is 16.0. The van der Waals surface area contributed by atoms with Crippen LogP contribution in [0.5, 0.6) is 5.75 Å². The summed E-state index contributed by atoms with van der Waals surface area (Å²) in [5.74, 6) is 0.829. The van der Waals surface area contributed by atoms with Crippen LogP contribution in [0, 0.1) is 12.7 Å². The van der Waals surface area contributed by atoms with E-state index in [-0.39, 0.29) is 36.7 Å². The van der Waals surface area contributed by atoms with Gasteiger partial charge in [-0.05, 0) is 39.3 Å². The lowest BCUT2D eigenvalue weighted by atomic mass is 9.95. The van der Waals surface area contributed by atoms with Crippen LogP contribution in [0.15, 0.2) is 18.2 Å². The van der Waals surface area contributed by atoms with Gasteiger partial charge < -0.3 is 30.1 Å². The largest absolute Gasteiger partial charge is 0.492 e. The van der Waals surface area contributed by atoms with Crippen LogP contribution in [-0.4, -0.2) is 64.5 Å². The molecule has 10 heteroatoms. The molecule has 3 N–H and O–H groups in total. The fourth-order valence-electron chi connectivity index (χ4n) is 4.19. The van der Waals surface area contributed by atoms with E-state index in [1.807, 2.05) is 6.92 Å². The van der Waals surface area contributed by atoms with Crippen LogP contribution in [0.4, 0.5) is 26.6 Å². The topological polar surface area (TPSA) is 109 Å². The second kappa shape index (κ2) is 9.69. The summed E-state index contributed by atoms with van der Waals surface area (Å²) in [6, 6.07) is 3.50. The smallest absolute Gasteiger partial charge is 0.410 e. The molecule has 2 aliphatic heterocycles. The maximum absolute atomic E-state index is 16.0. The van der Waals surface area contributed by atoms with E-state index in [1.54, 1.807) is 46.0 Å². The van der Waals surface area contributed by atoms with Crippen LogP contribution in [0.1, 0.15) is 44.0 Å². The van der Waals surface area contributed by atoms with Crippen molar-refractivity contribution in [3.05, 3.63) is 40.8 Å². The van der Waals surface area contributed by atoms with E-state index in [9.17, 15) is 9.90 Å². The van der Waals surface area contributed by atoms with Crippen molar-refractivity contribution in [2.45, 2.75) is 52.2 Å². The number of ether oxygens (including phenoxy) is 2. The zero-order valence-corrected chi connectivity index (χ0v) is 20.7. The summed E-state index contributed by atoms with van der Waals surface area (Å²) < 4.78 is 27.2. The Bertz CT molecular complexity index is 1160. The number of anilines is 3. The standard InChI is InChI=1S/C25H32FN5O4/c1-14-10-19(27-5)30-23(28-14)29-18-12-16-7-9-34-22(16)20(21(18)26)15-6-8-31(13-17(32)11-15)24(33)35-25(2,3)4/h6,10,12,17,32H,7-9,11,13H2,1-5H3,(H2,27,28,29,30). The van der Waals surface area contributed by atoms with E-state index in [2.05, 4.69) is 20.6 Å². The van der Waals surface area contributed by atoms with Crippen LogP contribution >= 0.6 is 0 Å². The van der Waals surface area contributed by atoms with Crippen molar-refractivity contribution in [2.75, 3.05) is 37.4 Å². The van der Waals surface area contributed by atoms with Crippen molar-refractivity contribution in [3.8, 4) is 5.75 Å². The van der Waals surface area contributed by atoms with Gasteiger partial charge in [0, 0.05) is 43.8 Å². The molecule has 1 aromatic heterocycles. The van der Waals surface area contributed by atoms with Crippen molar-refractivity contribution >= 4 is 29.1 Å². The Balaban J connectivity index is 1.70. The minimum absolute atomic E-state index is 0.0848. The molecule has 9 nitrogen and oxygen atoms in total. The van der Waals surface area contributed by atoms with Crippen LogP contribution < -0.4 is 15.4 Å². The Kier molecular flexibility index (Phi) is 6.84. The van der Waals surface area contributed by atoms with Gasteiger partial charge in [0.15, 0.2) is 5.82 Å². The van der Waals surface area contributed by atoms with E-state index in [0.717, 1.165) is 11.3 Å². The summed E-state index contributed by atoms with van der Waals surface area (Å²) in [5, 5.41) is 16.7. The highest BCUT2D eigenvalue weighted by Gasteiger charge is 2.31. The van der Waals surface area contributed by atoms with Gasteiger partial charge in [0.1, 0.15) is 17.2 Å². The van der Waals surface area contributed by atoms with E-state index in [4.69, 9.17) is 9.47 Å². The number of amides is 1. The summed E-state index contributed by atoms with van der Waals surface area (Å²) in [6.07, 6.45) is 1.14. The highest BCUT2D eigenvalue weighted by atomic mass is 19.1. The van der Waals surface area contributed by atoms with Crippen molar-refractivity contribution in [2.24, 2.45) is 0 Å². The molecule has 0 fully saturated rings. The first-order chi connectivity index (χ1) is 16.5. The highest BCUT2D eigenvalue weighted by Crippen LogP contribution is 2.42. The summed E-state index contributed by atoms with van der Waals surface area (Å²) in [5.41, 5.74) is 2.01. The molecule has 4 rings (SSSR count). The Labute approximate surface area is 204 Å². The minimum Gasteiger partial charge on any atom is -0.492 e. The lowest BCUT2D eigenvalue weighted by Crippen LogP contribution is -2.40. The van der Waals surface area contributed by atoms with E-state index in [1.165, 1.54) is 4.90 Å². The average Bonchev–Trinajstić information content (AvgIpc) is 3.13. The van der Waals surface area contributed by atoms with Gasteiger partial charge in [-0.3, -0.25) is 0 Å². The van der Waals surface area contributed by atoms with Gasteiger partial charge in [0.05, 0.1) is 30.5 Å². The molecule has 0 saturated heterocycles. The molecule has 3 heterocycles. The Morgan fingerprint density at radius 1 is 1.31 bits per heavy atom. The van der Waals surface area contributed by atoms with Crippen LogP contribution in [0.2, 0.25) is 0 Å². The summed E-state index contributed by atoms with van der Waals surface area (Å²) in [6.45, 7) is 7.89. The lowest BCUT2D eigenvalue weighted by molar-refractivity contribution is 0.0186. The predicted molar refractivity (Wildman–Crippen MR) is 132 cm³/mol. The first-order valence-electron chi connectivity index (χ1n) is 11.7. The number of aryl methyl sites for hydroxylation is 1. The first kappa shape index (κ1) is 24.7. The molecule has 0 bridgehead atoms. The number of β-amino-alcohol motifs (C(OH)–C–C–N with tert-alkyl or cyclic N) is 1. The van der Waals surface area contributed by atoms with Crippen molar-refractivity contribution in [3.63, 3.8) is 0 Å².